The second-order valence-electron chi connectivity index (χ2n) is 16.3. The molecule has 0 aliphatic carbocycles. The number of unbranched alkanes of at least 4 members (excludes halogenated alkanes) is 6. The van der Waals surface area contributed by atoms with E-state index in [0.29, 0.717) is 0 Å². The first-order valence-electron chi connectivity index (χ1n) is 19.5. The molecule has 0 aromatic heterocycles. The average molecular weight is 699 g/mol. The highest BCUT2D eigenvalue weighted by molar-refractivity contribution is 5.75. The molecule has 0 unspecified atom stereocenters. The number of rotatable bonds is 22. The van der Waals surface area contributed by atoms with Gasteiger partial charge in [-0.3, -0.25) is 0 Å². The first kappa shape index (κ1) is 40.4. The van der Waals surface area contributed by atoms with Crippen molar-refractivity contribution >= 4 is 47.8 Å². The zero-order valence-electron chi connectivity index (χ0n) is 33.1. The third-order valence-electron chi connectivity index (χ3n) is 9.27. The molecule has 4 aromatic carbocycles. The molecule has 4 rings (SSSR count). The van der Waals surface area contributed by atoms with Crippen molar-refractivity contribution in [2.24, 2.45) is 0 Å². The van der Waals surface area contributed by atoms with E-state index in [0.717, 1.165) is 22.1 Å². The van der Waals surface area contributed by atoms with E-state index in [4.69, 9.17) is 0 Å². The number of nitrogens with one attached hydrogen (secondary N) is 2. The number of benzene rings is 4. The molecule has 0 atom stereocenters. The van der Waals surface area contributed by atoms with Gasteiger partial charge in [-0.05, 0) is 96.2 Å². The van der Waals surface area contributed by atoms with Crippen LogP contribution in [0.2, 0.25) is 0 Å². The third-order valence-corrected chi connectivity index (χ3v) is 9.27. The Morgan fingerprint density at radius 2 is 0.558 bits per heavy atom. The zero-order chi connectivity index (χ0) is 37.1. The number of quaternary nitrogens is 2. The molecule has 0 saturated carbocycles. The molecule has 4 nitrogen and oxygen atoms in total. The minimum atomic E-state index is 1.04. The first-order valence-corrected chi connectivity index (χ1v) is 19.5. The van der Waals surface area contributed by atoms with Crippen LogP contribution in [0.1, 0.15) is 84.7 Å². The molecule has 0 bridgehead atoms. The molecule has 0 saturated heterocycles. The van der Waals surface area contributed by atoms with Crippen LogP contribution in [0.5, 0.6) is 0 Å². The molecule has 0 fully saturated rings. The van der Waals surface area contributed by atoms with Crippen molar-refractivity contribution in [3.8, 4) is 0 Å². The maximum Gasteiger partial charge on any atom is 0.0780 e. The lowest BCUT2D eigenvalue weighted by Gasteiger charge is -2.23. The van der Waals surface area contributed by atoms with Crippen LogP contribution in [0, 0.1) is 0 Å². The van der Waals surface area contributed by atoms with Gasteiger partial charge in [0.05, 0.1) is 55.4 Å². The largest absolute Gasteiger partial charge is 0.385 e. The summed E-state index contributed by atoms with van der Waals surface area (Å²) in [4.78, 5) is 0. The van der Waals surface area contributed by atoms with Gasteiger partial charge in [0, 0.05) is 24.5 Å². The summed E-state index contributed by atoms with van der Waals surface area (Å²) in [5, 5.41) is 7.14. The Labute approximate surface area is 316 Å². The van der Waals surface area contributed by atoms with Crippen LogP contribution in [0.25, 0.3) is 36.5 Å². The van der Waals surface area contributed by atoms with Crippen LogP contribution in [0.4, 0.5) is 11.4 Å². The van der Waals surface area contributed by atoms with Crippen LogP contribution < -0.4 is 10.6 Å². The molecule has 4 heteroatoms. The fourth-order valence-corrected chi connectivity index (χ4v) is 6.03. The van der Waals surface area contributed by atoms with Crippen molar-refractivity contribution in [3.05, 3.63) is 130 Å². The number of hydrogen-bond acceptors (Lipinski definition) is 2. The molecule has 0 aliphatic rings. The minimum absolute atomic E-state index is 1.04. The highest BCUT2D eigenvalue weighted by atomic mass is 15.3. The molecule has 276 valence electrons. The van der Waals surface area contributed by atoms with E-state index in [-0.39, 0.29) is 0 Å². The number of anilines is 2. The van der Waals surface area contributed by atoms with E-state index in [9.17, 15) is 0 Å². The van der Waals surface area contributed by atoms with Gasteiger partial charge in [0.2, 0.25) is 0 Å². The molecule has 0 spiro atoms. The van der Waals surface area contributed by atoms with Gasteiger partial charge in [-0.1, -0.05) is 122 Å². The summed E-state index contributed by atoms with van der Waals surface area (Å²) < 4.78 is 2.12. The van der Waals surface area contributed by atoms with E-state index >= 15 is 0 Å². The Balaban J connectivity index is 1.13. The second-order valence-corrected chi connectivity index (χ2v) is 16.3. The fraction of sp³-hybridized carbons (Fsp3) is 0.375. The third kappa shape index (κ3) is 17.2. The summed E-state index contributed by atoms with van der Waals surface area (Å²) >= 11 is 0. The molecular weight excluding hydrogens is 633 g/mol. The van der Waals surface area contributed by atoms with Crippen LogP contribution in [0.15, 0.2) is 97.1 Å². The second kappa shape index (κ2) is 21.2. The quantitative estimate of drug-likeness (QED) is 0.0485. The van der Waals surface area contributed by atoms with Crippen LogP contribution in [-0.2, 0) is 0 Å². The van der Waals surface area contributed by atoms with Crippen LogP contribution in [-0.4, -0.2) is 77.4 Å². The minimum Gasteiger partial charge on any atom is -0.385 e. The highest BCUT2D eigenvalue weighted by Gasteiger charge is 2.06. The molecular formula is C48H66N4+2. The fourth-order valence-electron chi connectivity index (χ4n) is 6.03. The van der Waals surface area contributed by atoms with Crippen LogP contribution in [0.3, 0.4) is 0 Å². The molecule has 52 heavy (non-hydrogen) atoms. The van der Waals surface area contributed by atoms with Crippen molar-refractivity contribution in [1.29, 1.82) is 0 Å². The molecule has 0 amide bonds. The Hall–Kier alpha value is -4.38. The molecule has 0 radical (unpaired) electrons. The Kier molecular flexibility index (Phi) is 16.5. The number of hydrogen-bond donors (Lipinski definition) is 2. The molecule has 2 N–H and O–H groups in total. The summed E-state index contributed by atoms with van der Waals surface area (Å²) in [7, 11) is 13.6. The Morgan fingerprint density at radius 3 is 0.808 bits per heavy atom. The molecule has 0 aliphatic heterocycles. The highest BCUT2D eigenvalue weighted by Crippen LogP contribution is 2.17. The van der Waals surface area contributed by atoms with E-state index in [1.54, 1.807) is 0 Å². The summed E-state index contributed by atoms with van der Waals surface area (Å²) in [5.41, 5.74) is 9.59. The summed E-state index contributed by atoms with van der Waals surface area (Å²) in [6, 6.07) is 34.9. The van der Waals surface area contributed by atoms with Crippen molar-refractivity contribution in [1.82, 2.24) is 0 Å². The molecule has 0 heterocycles. The van der Waals surface area contributed by atoms with E-state index < -0.39 is 0 Å². The monoisotopic (exact) mass is 699 g/mol. The van der Waals surface area contributed by atoms with Crippen molar-refractivity contribution < 1.29 is 8.97 Å². The average Bonchev–Trinajstić information content (AvgIpc) is 3.12. The lowest BCUT2D eigenvalue weighted by atomic mass is 10.1. The topological polar surface area (TPSA) is 24.1 Å². The normalized spacial score (nSPS) is 12.3. The maximum absolute atomic E-state index is 3.57. The summed E-state index contributed by atoms with van der Waals surface area (Å²) in [5.74, 6) is 0. The maximum atomic E-state index is 3.57. The van der Waals surface area contributed by atoms with E-state index in [2.05, 4.69) is 186 Å². The Morgan fingerprint density at radius 1 is 0.327 bits per heavy atom. The van der Waals surface area contributed by atoms with Gasteiger partial charge in [-0.15, -0.1) is 0 Å². The number of nitrogens with zero attached hydrogens (tertiary/aromatic N) is 2. The van der Waals surface area contributed by atoms with Gasteiger partial charge in [-0.2, -0.15) is 0 Å². The lowest BCUT2D eigenvalue weighted by molar-refractivity contribution is -0.870. The zero-order valence-corrected chi connectivity index (χ0v) is 33.1. The first-order chi connectivity index (χ1) is 25.0. The van der Waals surface area contributed by atoms with E-state index in [1.165, 1.54) is 109 Å². The van der Waals surface area contributed by atoms with Gasteiger partial charge >= 0.3 is 0 Å². The van der Waals surface area contributed by atoms with Crippen molar-refractivity contribution in [2.45, 2.75) is 51.4 Å². The summed E-state index contributed by atoms with van der Waals surface area (Å²) in [6.45, 7) is 4.59. The summed E-state index contributed by atoms with van der Waals surface area (Å²) in [6.07, 6.45) is 23.4. The Bertz CT molecular complexity index is 1520. The van der Waals surface area contributed by atoms with Gasteiger partial charge in [0.1, 0.15) is 0 Å². The predicted octanol–water partition coefficient (Wildman–Crippen LogP) is 11.6. The van der Waals surface area contributed by atoms with Gasteiger partial charge < -0.3 is 19.6 Å². The van der Waals surface area contributed by atoms with Crippen molar-refractivity contribution in [2.75, 3.05) is 79.1 Å². The van der Waals surface area contributed by atoms with Gasteiger partial charge in [-0.25, -0.2) is 0 Å². The smallest absolute Gasteiger partial charge is 0.0780 e. The van der Waals surface area contributed by atoms with Gasteiger partial charge in [0.15, 0.2) is 0 Å². The van der Waals surface area contributed by atoms with Gasteiger partial charge in [0.25, 0.3) is 0 Å². The lowest BCUT2D eigenvalue weighted by Crippen LogP contribution is -2.35. The predicted molar refractivity (Wildman–Crippen MR) is 232 cm³/mol. The van der Waals surface area contributed by atoms with Crippen molar-refractivity contribution in [3.63, 3.8) is 0 Å². The molecule has 4 aromatic rings. The van der Waals surface area contributed by atoms with Crippen LogP contribution >= 0.6 is 0 Å². The standard InChI is InChI=1S/C48H66N4/c1-51(2,3)39-13-9-7-11-37-49-47-33-29-45(30-34-47)27-25-43-21-17-41(18-22-43)15-16-42-19-23-44(24-20-42)26-28-46-31-35-48(36-32-46)50-38-12-8-10-14-40-52(4,5)6/h15-36,49-50H,7-14,37-40H2,1-6H3/q+2/b16-15+,27-25+,28-26+. The van der Waals surface area contributed by atoms with E-state index in [1.807, 2.05) is 0 Å². The SMILES string of the molecule is C[N+](C)(C)CCCCCCNc1ccc(/C=C/c2ccc(/C=C/c3ccc(/C=C/c4ccc(NCCCCCC[N+](C)(C)C)cc4)cc3)cc2)cc1.